The minimum absolute atomic E-state index is 0.0891. The molecule has 0 spiro atoms. The van der Waals surface area contributed by atoms with E-state index in [0.717, 1.165) is 5.57 Å². The first-order chi connectivity index (χ1) is 10.4. The number of allylic oxidation sites excluding steroid dienone is 1. The van der Waals surface area contributed by atoms with Gasteiger partial charge in [-0.05, 0) is 12.3 Å². The fourth-order valence-corrected chi connectivity index (χ4v) is 3.49. The summed E-state index contributed by atoms with van der Waals surface area (Å²) in [4.78, 5) is 35.6. The van der Waals surface area contributed by atoms with Crippen LogP contribution in [0.25, 0.3) is 0 Å². The summed E-state index contributed by atoms with van der Waals surface area (Å²) in [5.41, 5.74) is -0.701. The number of methoxy groups -OCH3 is 2. The maximum absolute atomic E-state index is 12.3. The summed E-state index contributed by atoms with van der Waals surface area (Å²) in [6.45, 7) is 5.36. The zero-order chi connectivity index (χ0) is 16.5. The third kappa shape index (κ3) is 2.49. The Morgan fingerprint density at radius 3 is 2.32 bits per heavy atom. The number of fused-ring (bicyclic) bond motifs is 1. The molecule has 0 aromatic rings. The van der Waals surface area contributed by atoms with Crippen molar-refractivity contribution in [3.8, 4) is 0 Å². The van der Waals surface area contributed by atoms with Crippen LogP contribution in [0.3, 0.4) is 0 Å². The van der Waals surface area contributed by atoms with Crippen molar-refractivity contribution in [1.29, 1.82) is 0 Å². The fraction of sp³-hybridized carbons (Fsp3) is 0.667. The number of carbonyl (C=O) groups excluding carboxylic acids is 3. The summed E-state index contributed by atoms with van der Waals surface area (Å²) in [5, 5.41) is 0. The van der Waals surface area contributed by atoms with Crippen molar-refractivity contribution in [2.75, 3.05) is 20.8 Å². The van der Waals surface area contributed by atoms with Gasteiger partial charge in [0.25, 0.3) is 0 Å². The number of ether oxygens (including phenoxy) is 4. The van der Waals surface area contributed by atoms with Crippen LogP contribution in [0.1, 0.15) is 19.8 Å². The number of carbonyl (C=O) groups is 3. The van der Waals surface area contributed by atoms with E-state index in [1.54, 1.807) is 0 Å². The molecule has 1 heterocycles. The van der Waals surface area contributed by atoms with Gasteiger partial charge in [-0.25, -0.2) is 0 Å². The second-order valence-corrected chi connectivity index (χ2v) is 5.61. The smallest absolute Gasteiger partial charge is 0.323 e. The van der Waals surface area contributed by atoms with Gasteiger partial charge < -0.3 is 18.9 Å². The number of rotatable bonds is 3. The van der Waals surface area contributed by atoms with Crippen LogP contribution in [0.4, 0.5) is 0 Å². The Morgan fingerprint density at radius 2 is 1.82 bits per heavy atom. The molecule has 2 aliphatic rings. The van der Waals surface area contributed by atoms with Gasteiger partial charge >= 0.3 is 17.9 Å². The molecule has 1 saturated heterocycles. The number of esters is 3. The lowest BCUT2D eigenvalue weighted by molar-refractivity contribution is -0.207. The Balaban J connectivity index is 2.30. The maximum Gasteiger partial charge on any atom is 0.323 e. The molecule has 1 aliphatic heterocycles. The normalized spacial score (nSPS) is 29.4. The van der Waals surface area contributed by atoms with Crippen LogP contribution < -0.4 is 0 Å². The second kappa shape index (κ2) is 6.08. The zero-order valence-electron chi connectivity index (χ0n) is 12.9. The second-order valence-electron chi connectivity index (χ2n) is 5.61. The fourth-order valence-electron chi connectivity index (χ4n) is 3.49. The van der Waals surface area contributed by atoms with Crippen LogP contribution in [0, 0.1) is 17.3 Å². The van der Waals surface area contributed by atoms with Gasteiger partial charge in [0.2, 0.25) is 6.29 Å². The van der Waals surface area contributed by atoms with Crippen molar-refractivity contribution in [3.05, 3.63) is 12.2 Å². The van der Waals surface area contributed by atoms with Crippen LogP contribution in [0.15, 0.2) is 12.2 Å². The predicted octanol–water partition coefficient (Wildman–Crippen LogP) is 0.821. The third-order valence-corrected chi connectivity index (χ3v) is 4.45. The average Bonchev–Trinajstić information content (AvgIpc) is 2.79. The highest BCUT2D eigenvalue weighted by Gasteiger charge is 2.63. The Hall–Kier alpha value is -1.89. The molecule has 2 rings (SSSR count). The van der Waals surface area contributed by atoms with Gasteiger partial charge in [-0.2, -0.15) is 0 Å². The number of hydrogen-bond donors (Lipinski definition) is 0. The molecule has 0 radical (unpaired) electrons. The zero-order valence-corrected chi connectivity index (χ0v) is 12.9. The van der Waals surface area contributed by atoms with Gasteiger partial charge in [-0.15, -0.1) is 0 Å². The van der Waals surface area contributed by atoms with Crippen molar-refractivity contribution in [2.24, 2.45) is 17.3 Å². The van der Waals surface area contributed by atoms with Gasteiger partial charge in [0.1, 0.15) is 0 Å². The standard InChI is InChI=1S/C15H20O7/c1-8-6-15(13(17)19-3,14(18)20-4)11-7-21-12(5-10(8)11)22-9(2)16/h10-12H,1,5-7H2,2-4H3/t10-,11-,12?/m0/s1. The molecule has 122 valence electrons. The molecule has 7 heteroatoms. The highest BCUT2D eigenvalue weighted by molar-refractivity contribution is 6.01. The first-order valence-corrected chi connectivity index (χ1v) is 7.00. The van der Waals surface area contributed by atoms with E-state index in [4.69, 9.17) is 18.9 Å². The Labute approximate surface area is 128 Å². The summed E-state index contributed by atoms with van der Waals surface area (Å²) in [6, 6.07) is 0. The Kier molecular flexibility index (Phi) is 4.55. The molecule has 0 bridgehead atoms. The van der Waals surface area contributed by atoms with Crippen LogP contribution in [-0.4, -0.2) is 45.0 Å². The highest BCUT2D eigenvalue weighted by Crippen LogP contribution is 2.54. The van der Waals surface area contributed by atoms with E-state index in [1.807, 2.05) is 0 Å². The average molecular weight is 312 g/mol. The van der Waals surface area contributed by atoms with E-state index in [1.165, 1.54) is 21.1 Å². The predicted molar refractivity (Wildman–Crippen MR) is 73.3 cm³/mol. The SMILES string of the molecule is C=C1CC(C(=O)OC)(C(=O)OC)[C@H]2COC(OC(C)=O)C[C@@H]12. The molecule has 1 aliphatic carbocycles. The molecule has 7 nitrogen and oxygen atoms in total. The van der Waals surface area contributed by atoms with Crippen LogP contribution in [0.2, 0.25) is 0 Å². The molecule has 1 saturated carbocycles. The minimum Gasteiger partial charge on any atom is -0.468 e. The van der Waals surface area contributed by atoms with E-state index in [9.17, 15) is 14.4 Å². The van der Waals surface area contributed by atoms with Crippen molar-refractivity contribution >= 4 is 17.9 Å². The summed E-state index contributed by atoms with van der Waals surface area (Å²) in [7, 11) is 2.46. The van der Waals surface area contributed by atoms with Gasteiger partial charge in [0, 0.05) is 19.3 Å². The van der Waals surface area contributed by atoms with Crippen molar-refractivity contribution in [2.45, 2.75) is 26.1 Å². The number of hydrogen-bond acceptors (Lipinski definition) is 7. The van der Waals surface area contributed by atoms with Crippen molar-refractivity contribution in [1.82, 2.24) is 0 Å². The Bertz CT molecular complexity index is 494. The monoisotopic (exact) mass is 312 g/mol. The minimum atomic E-state index is -1.44. The van der Waals surface area contributed by atoms with Gasteiger partial charge in [-0.3, -0.25) is 14.4 Å². The molecule has 0 aromatic heterocycles. The molecule has 1 unspecified atom stereocenters. The quantitative estimate of drug-likeness (QED) is 0.330. The molecule has 0 N–H and O–H groups in total. The molecular weight excluding hydrogens is 292 g/mol. The van der Waals surface area contributed by atoms with Crippen LogP contribution in [-0.2, 0) is 33.3 Å². The van der Waals surface area contributed by atoms with E-state index in [2.05, 4.69) is 6.58 Å². The lowest BCUT2D eigenvalue weighted by Gasteiger charge is -2.37. The summed E-state index contributed by atoms with van der Waals surface area (Å²) >= 11 is 0. The lowest BCUT2D eigenvalue weighted by Crippen LogP contribution is -2.49. The third-order valence-electron chi connectivity index (χ3n) is 4.45. The summed E-state index contributed by atoms with van der Waals surface area (Å²) in [6.07, 6.45) is -0.182. The molecular formula is C15H20O7. The Morgan fingerprint density at radius 1 is 1.23 bits per heavy atom. The van der Waals surface area contributed by atoms with Crippen molar-refractivity contribution < 1.29 is 33.3 Å². The molecule has 3 atom stereocenters. The van der Waals surface area contributed by atoms with Crippen LogP contribution in [0.5, 0.6) is 0 Å². The summed E-state index contributed by atoms with van der Waals surface area (Å²) in [5.74, 6) is -2.35. The van der Waals surface area contributed by atoms with Crippen molar-refractivity contribution in [3.63, 3.8) is 0 Å². The van der Waals surface area contributed by atoms with E-state index in [0.29, 0.717) is 6.42 Å². The molecule has 2 fully saturated rings. The largest absolute Gasteiger partial charge is 0.468 e. The summed E-state index contributed by atoms with van der Waals surface area (Å²) < 4.78 is 20.2. The van der Waals surface area contributed by atoms with E-state index in [-0.39, 0.29) is 18.9 Å². The first kappa shape index (κ1) is 16.5. The lowest BCUT2D eigenvalue weighted by atomic mass is 9.74. The van der Waals surface area contributed by atoms with Gasteiger partial charge in [0.05, 0.1) is 20.8 Å². The topological polar surface area (TPSA) is 88.1 Å². The van der Waals surface area contributed by atoms with Gasteiger partial charge in [0.15, 0.2) is 5.41 Å². The van der Waals surface area contributed by atoms with Crippen LogP contribution >= 0.6 is 0 Å². The molecule has 0 amide bonds. The highest BCUT2D eigenvalue weighted by atomic mass is 16.7. The molecule has 0 aromatic carbocycles. The van der Waals surface area contributed by atoms with Gasteiger partial charge in [-0.1, -0.05) is 12.2 Å². The van der Waals surface area contributed by atoms with E-state index < -0.39 is 35.5 Å². The maximum atomic E-state index is 12.3. The molecule has 22 heavy (non-hydrogen) atoms. The first-order valence-electron chi connectivity index (χ1n) is 7.00. The van der Waals surface area contributed by atoms with E-state index >= 15 is 0 Å².